The second-order valence-electron chi connectivity index (χ2n) is 7.77. The van der Waals surface area contributed by atoms with E-state index in [9.17, 15) is 14.0 Å². The molecule has 3 atom stereocenters. The Bertz CT molecular complexity index is 719. The zero-order valence-electron chi connectivity index (χ0n) is 16.7. The number of morpholine rings is 1. The molecule has 3 rings (SSSR count). The fraction of sp³-hybridized carbons (Fsp3) is 0.600. The number of halogens is 1. The van der Waals surface area contributed by atoms with Crippen molar-refractivity contribution in [3.63, 3.8) is 0 Å². The first-order chi connectivity index (χ1) is 13.3. The monoisotopic (exact) mass is 392 g/mol. The van der Waals surface area contributed by atoms with Crippen molar-refractivity contribution in [2.45, 2.75) is 51.9 Å². The second kappa shape index (κ2) is 8.77. The molecule has 0 saturated carbocycles. The Morgan fingerprint density at radius 3 is 2.64 bits per heavy atom. The van der Waals surface area contributed by atoms with Gasteiger partial charge in [-0.15, -0.1) is 0 Å². The molecule has 8 heteroatoms. The number of amides is 3. The Morgan fingerprint density at radius 2 is 2.04 bits per heavy atom. The van der Waals surface area contributed by atoms with Crippen LogP contribution in [-0.2, 0) is 9.53 Å². The first kappa shape index (κ1) is 20.4. The van der Waals surface area contributed by atoms with E-state index >= 15 is 0 Å². The number of benzene rings is 1. The SMILES string of the molecule is C[C@H](CN1CCCC1=O)NC(=O)Nc1ccc(N2C[C@H](C)O[C@@H](C)C2)c(F)c1. The highest BCUT2D eigenvalue weighted by Crippen LogP contribution is 2.26. The molecule has 3 amide bonds. The van der Waals surface area contributed by atoms with Crippen LogP contribution < -0.4 is 15.5 Å². The van der Waals surface area contributed by atoms with Gasteiger partial charge in [0, 0.05) is 44.3 Å². The van der Waals surface area contributed by atoms with Crippen LogP contribution in [0.5, 0.6) is 0 Å². The summed E-state index contributed by atoms with van der Waals surface area (Å²) in [6.07, 6.45) is 1.52. The normalized spacial score (nSPS) is 23.6. The predicted octanol–water partition coefficient (Wildman–Crippen LogP) is 2.57. The number of carbonyl (C=O) groups is 2. The van der Waals surface area contributed by atoms with Crippen molar-refractivity contribution >= 4 is 23.3 Å². The molecule has 28 heavy (non-hydrogen) atoms. The van der Waals surface area contributed by atoms with Gasteiger partial charge in [-0.3, -0.25) is 4.79 Å². The van der Waals surface area contributed by atoms with Gasteiger partial charge in [-0.1, -0.05) is 0 Å². The van der Waals surface area contributed by atoms with Gasteiger partial charge in [0.05, 0.1) is 17.9 Å². The van der Waals surface area contributed by atoms with E-state index < -0.39 is 6.03 Å². The van der Waals surface area contributed by atoms with Crippen molar-refractivity contribution in [3.05, 3.63) is 24.0 Å². The summed E-state index contributed by atoms with van der Waals surface area (Å²) in [5.41, 5.74) is 0.895. The molecule has 2 saturated heterocycles. The van der Waals surface area contributed by atoms with Gasteiger partial charge in [0.1, 0.15) is 5.82 Å². The number of likely N-dealkylation sites (tertiary alicyclic amines) is 1. The van der Waals surface area contributed by atoms with E-state index in [0.29, 0.717) is 37.4 Å². The Morgan fingerprint density at radius 1 is 1.32 bits per heavy atom. The molecule has 2 N–H and O–H groups in total. The minimum Gasteiger partial charge on any atom is -0.372 e. The standard InChI is InChI=1S/C20H29FN4O3/c1-13(10-24-8-4-5-19(24)26)22-20(27)23-16-6-7-18(17(21)9-16)25-11-14(2)28-15(3)12-25/h6-7,9,13-15H,4-5,8,10-12H2,1-3H3,(H2,22,23,27)/t13-,14+,15+/m1/s1. The van der Waals surface area contributed by atoms with Gasteiger partial charge in [0.2, 0.25) is 5.91 Å². The summed E-state index contributed by atoms with van der Waals surface area (Å²) in [6.45, 7) is 8.25. The van der Waals surface area contributed by atoms with E-state index in [1.165, 1.54) is 6.07 Å². The average molecular weight is 392 g/mol. The van der Waals surface area contributed by atoms with E-state index in [0.717, 1.165) is 13.0 Å². The lowest BCUT2D eigenvalue weighted by molar-refractivity contribution is -0.127. The lowest BCUT2D eigenvalue weighted by Gasteiger charge is -2.37. The Hall–Kier alpha value is -2.35. The van der Waals surface area contributed by atoms with E-state index in [1.807, 2.05) is 25.7 Å². The molecular formula is C20H29FN4O3. The van der Waals surface area contributed by atoms with Crippen molar-refractivity contribution in [1.29, 1.82) is 0 Å². The quantitative estimate of drug-likeness (QED) is 0.808. The van der Waals surface area contributed by atoms with Gasteiger partial charge < -0.3 is 25.2 Å². The molecule has 0 bridgehead atoms. The zero-order valence-corrected chi connectivity index (χ0v) is 16.7. The second-order valence-corrected chi connectivity index (χ2v) is 7.77. The minimum absolute atomic E-state index is 0.0377. The third kappa shape index (κ3) is 5.13. The first-order valence-corrected chi connectivity index (χ1v) is 9.87. The topological polar surface area (TPSA) is 73.9 Å². The van der Waals surface area contributed by atoms with Crippen LogP contribution >= 0.6 is 0 Å². The summed E-state index contributed by atoms with van der Waals surface area (Å²) in [4.78, 5) is 27.6. The summed E-state index contributed by atoms with van der Waals surface area (Å²) in [7, 11) is 0. The summed E-state index contributed by atoms with van der Waals surface area (Å²) in [5.74, 6) is -0.256. The van der Waals surface area contributed by atoms with Crippen LogP contribution in [0.1, 0.15) is 33.6 Å². The van der Waals surface area contributed by atoms with Crippen LogP contribution in [0.2, 0.25) is 0 Å². The van der Waals surface area contributed by atoms with E-state index in [2.05, 4.69) is 10.6 Å². The molecule has 2 fully saturated rings. The van der Waals surface area contributed by atoms with Crippen LogP contribution in [0.4, 0.5) is 20.6 Å². The fourth-order valence-corrected chi connectivity index (χ4v) is 3.88. The van der Waals surface area contributed by atoms with Crippen molar-refractivity contribution in [3.8, 4) is 0 Å². The molecule has 2 heterocycles. The molecule has 1 aromatic carbocycles. The van der Waals surface area contributed by atoms with Crippen molar-refractivity contribution in [2.75, 3.05) is 36.4 Å². The molecule has 2 aliphatic rings. The third-order valence-corrected chi connectivity index (χ3v) is 5.01. The van der Waals surface area contributed by atoms with Gasteiger partial charge in [-0.25, -0.2) is 9.18 Å². The number of hydrogen-bond acceptors (Lipinski definition) is 4. The number of nitrogens with zero attached hydrogens (tertiary/aromatic N) is 2. The van der Waals surface area contributed by atoms with Crippen LogP contribution in [0.3, 0.4) is 0 Å². The van der Waals surface area contributed by atoms with Gasteiger partial charge in [-0.05, 0) is 45.4 Å². The highest BCUT2D eigenvalue weighted by molar-refractivity contribution is 5.89. The highest BCUT2D eigenvalue weighted by Gasteiger charge is 2.25. The molecule has 7 nitrogen and oxygen atoms in total. The molecule has 0 spiro atoms. The fourth-order valence-electron chi connectivity index (χ4n) is 3.88. The molecule has 154 valence electrons. The Kier molecular flexibility index (Phi) is 6.39. The van der Waals surface area contributed by atoms with Crippen LogP contribution in [-0.4, -0.2) is 61.3 Å². The molecule has 0 radical (unpaired) electrons. The van der Waals surface area contributed by atoms with Crippen LogP contribution in [0.15, 0.2) is 18.2 Å². The molecule has 0 aromatic heterocycles. The number of anilines is 2. The maximum atomic E-state index is 14.6. The smallest absolute Gasteiger partial charge is 0.319 e. The van der Waals surface area contributed by atoms with E-state index in [1.54, 1.807) is 17.0 Å². The predicted molar refractivity (Wildman–Crippen MR) is 106 cm³/mol. The maximum Gasteiger partial charge on any atom is 0.319 e. The average Bonchev–Trinajstić information content (AvgIpc) is 2.98. The zero-order chi connectivity index (χ0) is 20.3. The van der Waals surface area contributed by atoms with Gasteiger partial charge in [0.15, 0.2) is 0 Å². The Labute approximate surface area is 165 Å². The third-order valence-electron chi connectivity index (χ3n) is 5.01. The van der Waals surface area contributed by atoms with Gasteiger partial charge >= 0.3 is 6.03 Å². The summed E-state index contributed by atoms with van der Waals surface area (Å²) < 4.78 is 20.3. The molecule has 0 aliphatic carbocycles. The highest BCUT2D eigenvalue weighted by atomic mass is 19.1. The van der Waals surface area contributed by atoms with Gasteiger partial charge in [-0.2, -0.15) is 0 Å². The first-order valence-electron chi connectivity index (χ1n) is 9.87. The molecular weight excluding hydrogens is 363 g/mol. The van der Waals surface area contributed by atoms with Crippen molar-refractivity contribution in [1.82, 2.24) is 10.2 Å². The van der Waals surface area contributed by atoms with Gasteiger partial charge in [0.25, 0.3) is 0 Å². The molecule has 1 aromatic rings. The minimum atomic E-state index is -0.417. The number of hydrogen-bond donors (Lipinski definition) is 2. The molecule has 2 aliphatic heterocycles. The lowest BCUT2D eigenvalue weighted by atomic mass is 10.2. The molecule has 0 unspecified atom stereocenters. The number of rotatable bonds is 5. The number of ether oxygens (including phenoxy) is 1. The van der Waals surface area contributed by atoms with Crippen LogP contribution in [0.25, 0.3) is 0 Å². The Balaban J connectivity index is 1.55. The summed E-state index contributed by atoms with van der Waals surface area (Å²) in [6, 6.07) is 4.09. The lowest BCUT2D eigenvalue weighted by Crippen LogP contribution is -2.45. The number of nitrogens with one attached hydrogen (secondary N) is 2. The summed E-state index contributed by atoms with van der Waals surface area (Å²) >= 11 is 0. The van der Waals surface area contributed by atoms with Crippen molar-refractivity contribution in [2.24, 2.45) is 0 Å². The van der Waals surface area contributed by atoms with E-state index in [-0.39, 0.29) is 30.0 Å². The van der Waals surface area contributed by atoms with Crippen LogP contribution in [0, 0.1) is 5.82 Å². The summed E-state index contributed by atoms with van der Waals surface area (Å²) in [5, 5.41) is 5.45. The van der Waals surface area contributed by atoms with E-state index in [4.69, 9.17) is 4.74 Å². The number of urea groups is 1. The largest absolute Gasteiger partial charge is 0.372 e. The number of carbonyl (C=O) groups excluding carboxylic acids is 2. The maximum absolute atomic E-state index is 14.6. The van der Waals surface area contributed by atoms with Crippen molar-refractivity contribution < 1.29 is 18.7 Å².